The number of piperazine rings is 1. The van der Waals surface area contributed by atoms with E-state index in [2.05, 4.69) is 22.0 Å². The van der Waals surface area contributed by atoms with Crippen LogP contribution in [0.1, 0.15) is 11.8 Å². The minimum absolute atomic E-state index is 0.199. The molecule has 0 saturated carbocycles. The summed E-state index contributed by atoms with van der Waals surface area (Å²) >= 11 is 1.49. The van der Waals surface area contributed by atoms with E-state index in [1.165, 1.54) is 11.3 Å². The fourth-order valence-electron chi connectivity index (χ4n) is 3.03. The summed E-state index contributed by atoms with van der Waals surface area (Å²) in [6.07, 6.45) is 0.199. The summed E-state index contributed by atoms with van der Waals surface area (Å²) in [7, 11) is 0. The van der Waals surface area contributed by atoms with Gasteiger partial charge in [-0.15, -0.1) is 11.3 Å². The smallest absolute Gasteiger partial charge is 0.311 e. The van der Waals surface area contributed by atoms with Crippen LogP contribution in [0, 0.1) is 0 Å². The molecule has 0 bridgehead atoms. The van der Waals surface area contributed by atoms with Gasteiger partial charge in [-0.05, 0) is 42.3 Å². The number of ether oxygens (including phenoxy) is 1. The number of thiophene rings is 1. The van der Waals surface area contributed by atoms with Gasteiger partial charge in [-0.25, -0.2) is 0 Å². The fourth-order valence-corrected chi connectivity index (χ4v) is 3.72. The van der Waals surface area contributed by atoms with Crippen LogP contribution in [-0.2, 0) is 20.7 Å². The van der Waals surface area contributed by atoms with E-state index in [9.17, 15) is 9.59 Å². The van der Waals surface area contributed by atoms with Gasteiger partial charge in [0.05, 0.1) is 6.42 Å². The Labute approximate surface area is 163 Å². The molecule has 1 aromatic carbocycles. The second-order valence-corrected chi connectivity index (χ2v) is 7.47. The summed E-state index contributed by atoms with van der Waals surface area (Å²) < 4.78 is 5.03. The van der Waals surface area contributed by atoms with Crippen LogP contribution in [-0.4, -0.2) is 56.1 Å². The maximum atomic E-state index is 12.0. The van der Waals surface area contributed by atoms with Crippen molar-refractivity contribution in [2.24, 2.45) is 0 Å². The Balaban J connectivity index is 1.42. The molecule has 27 heavy (non-hydrogen) atoms. The minimum atomic E-state index is -0.394. The first kappa shape index (κ1) is 19.4. The Morgan fingerprint density at radius 2 is 1.85 bits per heavy atom. The van der Waals surface area contributed by atoms with Crippen molar-refractivity contribution in [3.05, 3.63) is 46.7 Å². The Morgan fingerprint density at radius 1 is 1.11 bits per heavy atom. The van der Waals surface area contributed by atoms with Crippen LogP contribution in [0.4, 0.5) is 11.4 Å². The summed E-state index contributed by atoms with van der Waals surface area (Å²) in [5.74, 6) is -0.729. The first-order valence-corrected chi connectivity index (χ1v) is 10.1. The number of hydrogen-bond acceptors (Lipinski definition) is 6. The molecule has 0 aliphatic carbocycles. The van der Waals surface area contributed by atoms with Crippen LogP contribution in [0.5, 0.6) is 0 Å². The lowest BCUT2D eigenvalue weighted by Gasteiger charge is -2.35. The normalized spacial score (nSPS) is 14.8. The second-order valence-electron chi connectivity index (χ2n) is 6.43. The van der Waals surface area contributed by atoms with Gasteiger partial charge in [0, 0.05) is 42.4 Å². The number of carbonyl (C=O) groups excluding carboxylic acids is 2. The van der Waals surface area contributed by atoms with Crippen molar-refractivity contribution < 1.29 is 14.3 Å². The molecule has 3 rings (SSSR count). The predicted octanol–water partition coefficient (Wildman–Crippen LogP) is 2.61. The zero-order valence-electron chi connectivity index (χ0n) is 15.5. The highest BCUT2D eigenvalue weighted by Crippen LogP contribution is 2.19. The molecule has 1 N–H and O–H groups in total. The third kappa shape index (κ3) is 5.80. The highest BCUT2D eigenvalue weighted by Gasteiger charge is 2.16. The van der Waals surface area contributed by atoms with Gasteiger partial charge < -0.3 is 19.9 Å². The lowest BCUT2D eigenvalue weighted by molar-refractivity contribution is -0.146. The predicted molar refractivity (Wildman–Crippen MR) is 108 cm³/mol. The maximum absolute atomic E-state index is 12.0. The molecule has 0 radical (unpaired) electrons. The third-order valence-electron chi connectivity index (χ3n) is 4.60. The summed E-state index contributed by atoms with van der Waals surface area (Å²) in [4.78, 5) is 29.4. The van der Waals surface area contributed by atoms with Crippen molar-refractivity contribution in [1.82, 2.24) is 4.90 Å². The molecule has 1 amide bonds. The van der Waals surface area contributed by atoms with Crippen LogP contribution in [0.3, 0.4) is 0 Å². The molecule has 0 atom stereocenters. The standard InChI is InChI=1S/C20H25N3O3S/c1-2-22-9-11-23(12-10-22)17-7-5-16(6-8-17)21-19(24)15-26-20(25)14-18-4-3-13-27-18/h3-8,13H,2,9-12,14-15H2,1H3,(H,21,24). The van der Waals surface area contributed by atoms with Crippen LogP contribution in [0.2, 0.25) is 0 Å². The second kappa shape index (κ2) is 9.53. The van der Waals surface area contributed by atoms with E-state index in [1.54, 1.807) is 0 Å². The van der Waals surface area contributed by atoms with Gasteiger partial charge >= 0.3 is 5.97 Å². The quantitative estimate of drug-likeness (QED) is 0.740. The van der Waals surface area contributed by atoms with E-state index in [1.807, 2.05) is 41.8 Å². The van der Waals surface area contributed by atoms with Crippen LogP contribution in [0.15, 0.2) is 41.8 Å². The lowest BCUT2D eigenvalue weighted by atomic mass is 10.2. The van der Waals surface area contributed by atoms with Gasteiger partial charge in [-0.3, -0.25) is 9.59 Å². The maximum Gasteiger partial charge on any atom is 0.311 e. The zero-order chi connectivity index (χ0) is 19.1. The molecule has 144 valence electrons. The summed E-state index contributed by atoms with van der Waals surface area (Å²) in [6.45, 7) is 7.19. The summed E-state index contributed by atoms with van der Waals surface area (Å²) in [5, 5.41) is 4.67. The van der Waals surface area contributed by atoms with E-state index in [0.29, 0.717) is 5.69 Å². The highest BCUT2D eigenvalue weighted by atomic mass is 32.1. The monoisotopic (exact) mass is 387 g/mol. The van der Waals surface area contributed by atoms with Gasteiger partial charge in [-0.2, -0.15) is 0 Å². The van der Waals surface area contributed by atoms with E-state index in [4.69, 9.17) is 4.74 Å². The number of amides is 1. The number of nitrogens with one attached hydrogen (secondary N) is 1. The van der Waals surface area contributed by atoms with Gasteiger partial charge in [0.25, 0.3) is 5.91 Å². The molecule has 0 unspecified atom stereocenters. The van der Waals surface area contributed by atoms with Gasteiger partial charge in [0.1, 0.15) is 0 Å². The van der Waals surface area contributed by atoms with Crippen LogP contribution >= 0.6 is 11.3 Å². The van der Waals surface area contributed by atoms with Crippen molar-refractivity contribution in [1.29, 1.82) is 0 Å². The highest BCUT2D eigenvalue weighted by molar-refractivity contribution is 7.10. The molecule has 2 heterocycles. The van der Waals surface area contributed by atoms with Gasteiger partial charge in [0.15, 0.2) is 6.61 Å². The molecule has 1 aliphatic rings. The lowest BCUT2D eigenvalue weighted by Crippen LogP contribution is -2.46. The van der Waals surface area contributed by atoms with E-state index in [-0.39, 0.29) is 18.9 Å². The molecule has 1 saturated heterocycles. The first-order valence-electron chi connectivity index (χ1n) is 9.19. The SMILES string of the molecule is CCN1CCN(c2ccc(NC(=O)COC(=O)Cc3cccs3)cc2)CC1. The number of likely N-dealkylation sites (N-methyl/N-ethyl adjacent to an activating group) is 1. The molecule has 6 nitrogen and oxygen atoms in total. The molecular formula is C20H25N3O3S. The van der Waals surface area contributed by atoms with Crippen LogP contribution in [0.25, 0.3) is 0 Å². The van der Waals surface area contributed by atoms with Crippen LogP contribution < -0.4 is 10.2 Å². The van der Waals surface area contributed by atoms with E-state index in [0.717, 1.165) is 43.3 Å². The Kier molecular flexibility index (Phi) is 6.84. The molecule has 7 heteroatoms. The number of benzene rings is 1. The largest absolute Gasteiger partial charge is 0.455 e. The molecule has 1 aromatic heterocycles. The van der Waals surface area contributed by atoms with Crippen molar-refractivity contribution >= 4 is 34.6 Å². The van der Waals surface area contributed by atoms with Crippen molar-refractivity contribution in [3.8, 4) is 0 Å². The number of esters is 1. The number of nitrogens with zero attached hydrogens (tertiary/aromatic N) is 2. The topological polar surface area (TPSA) is 61.9 Å². The number of carbonyl (C=O) groups is 2. The number of rotatable bonds is 7. The Hall–Kier alpha value is -2.38. The summed E-state index contributed by atoms with van der Waals surface area (Å²) in [6, 6.07) is 11.5. The Bertz CT molecular complexity index is 738. The third-order valence-corrected chi connectivity index (χ3v) is 5.48. The van der Waals surface area contributed by atoms with Gasteiger partial charge in [-0.1, -0.05) is 13.0 Å². The molecule has 0 spiro atoms. The van der Waals surface area contributed by atoms with E-state index >= 15 is 0 Å². The zero-order valence-corrected chi connectivity index (χ0v) is 16.3. The summed E-state index contributed by atoms with van der Waals surface area (Å²) in [5.41, 5.74) is 1.86. The van der Waals surface area contributed by atoms with E-state index < -0.39 is 5.97 Å². The molecule has 1 aliphatic heterocycles. The van der Waals surface area contributed by atoms with Crippen molar-refractivity contribution in [3.63, 3.8) is 0 Å². The number of anilines is 2. The molecule has 1 fully saturated rings. The minimum Gasteiger partial charge on any atom is -0.455 e. The molecular weight excluding hydrogens is 362 g/mol. The fraction of sp³-hybridized carbons (Fsp3) is 0.400. The average molecular weight is 388 g/mol. The van der Waals surface area contributed by atoms with Crippen molar-refractivity contribution in [2.75, 3.05) is 49.5 Å². The number of hydrogen-bond donors (Lipinski definition) is 1. The average Bonchev–Trinajstić information content (AvgIpc) is 3.20. The first-order chi connectivity index (χ1) is 13.1. The Morgan fingerprint density at radius 3 is 2.48 bits per heavy atom. The van der Waals surface area contributed by atoms with Gasteiger partial charge in [0.2, 0.25) is 0 Å². The molecule has 2 aromatic rings. The van der Waals surface area contributed by atoms with Crippen molar-refractivity contribution in [2.45, 2.75) is 13.3 Å².